The predicted octanol–water partition coefficient (Wildman–Crippen LogP) is 2.74. The zero-order valence-electron chi connectivity index (χ0n) is 14.7. The lowest BCUT2D eigenvalue weighted by molar-refractivity contribution is -0.146. The van der Waals surface area contributed by atoms with E-state index in [9.17, 15) is 9.59 Å². The van der Waals surface area contributed by atoms with Crippen LogP contribution in [0.1, 0.15) is 30.5 Å². The zero-order valence-corrected chi connectivity index (χ0v) is 14.7. The van der Waals surface area contributed by atoms with Crippen LogP contribution < -0.4 is 10.5 Å². The Morgan fingerprint density at radius 2 is 1.52 bits per heavy atom. The van der Waals surface area contributed by atoms with Crippen molar-refractivity contribution in [3.05, 3.63) is 65.2 Å². The van der Waals surface area contributed by atoms with Crippen LogP contribution in [0.2, 0.25) is 0 Å². The molecule has 0 aliphatic carbocycles. The van der Waals surface area contributed by atoms with Crippen LogP contribution in [0.25, 0.3) is 0 Å². The predicted molar refractivity (Wildman–Crippen MR) is 95.2 cm³/mol. The Labute approximate surface area is 147 Å². The lowest BCUT2D eigenvalue weighted by Gasteiger charge is -2.22. The summed E-state index contributed by atoms with van der Waals surface area (Å²) >= 11 is 0. The van der Waals surface area contributed by atoms with Crippen molar-refractivity contribution in [3.8, 4) is 5.75 Å². The summed E-state index contributed by atoms with van der Waals surface area (Å²) in [4.78, 5) is 22.7. The molecule has 5 nitrogen and oxygen atoms in total. The van der Waals surface area contributed by atoms with Crippen molar-refractivity contribution < 1.29 is 19.1 Å². The number of methoxy groups -OCH3 is 1. The average Bonchev–Trinajstić information content (AvgIpc) is 2.60. The number of primary amides is 1. The molecule has 0 aliphatic rings. The van der Waals surface area contributed by atoms with Crippen LogP contribution >= 0.6 is 0 Å². The quantitative estimate of drug-likeness (QED) is 0.786. The van der Waals surface area contributed by atoms with Crippen LogP contribution in [0.5, 0.6) is 5.75 Å². The topological polar surface area (TPSA) is 78.6 Å². The van der Waals surface area contributed by atoms with E-state index in [1.807, 2.05) is 62.4 Å². The molecule has 0 heterocycles. The van der Waals surface area contributed by atoms with Gasteiger partial charge in [-0.15, -0.1) is 0 Å². The SMILES string of the molecule is COC(=O)C(C)(C)c1ccc(COc2ccc(CC(N)=O)cc2)cc1. The van der Waals surface area contributed by atoms with Crippen molar-refractivity contribution in [3.63, 3.8) is 0 Å². The molecule has 0 spiro atoms. The van der Waals surface area contributed by atoms with Crippen molar-refractivity contribution in [1.82, 2.24) is 0 Å². The summed E-state index contributed by atoms with van der Waals surface area (Å²) in [6, 6.07) is 14.9. The molecule has 2 rings (SSSR count). The molecule has 25 heavy (non-hydrogen) atoms. The Bertz CT molecular complexity index is 733. The Kier molecular flexibility index (Phi) is 5.80. The van der Waals surface area contributed by atoms with Gasteiger partial charge in [-0.3, -0.25) is 9.59 Å². The molecular weight excluding hydrogens is 318 g/mol. The molecule has 5 heteroatoms. The summed E-state index contributed by atoms with van der Waals surface area (Å²) in [7, 11) is 1.39. The minimum atomic E-state index is -0.690. The highest BCUT2D eigenvalue weighted by atomic mass is 16.5. The van der Waals surface area contributed by atoms with Gasteiger partial charge in [0.05, 0.1) is 18.9 Å². The number of ether oxygens (including phenoxy) is 2. The van der Waals surface area contributed by atoms with Gasteiger partial charge in [0.2, 0.25) is 5.91 Å². The number of amides is 1. The maximum absolute atomic E-state index is 11.8. The van der Waals surface area contributed by atoms with Gasteiger partial charge in [-0.1, -0.05) is 36.4 Å². The molecule has 0 radical (unpaired) electrons. The first-order valence-electron chi connectivity index (χ1n) is 8.01. The Balaban J connectivity index is 1.97. The fourth-order valence-electron chi connectivity index (χ4n) is 2.46. The first-order chi connectivity index (χ1) is 11.8. The van der Waals surface area contributed by atoms with E-state index >= 15 is 0 Å². The number of esters is 1. The van der Waals surface area contributed by atoms with Crippen molar-refractivity contribution in [1.29, 1.82) is 0 Å². The van der Waals surface area contributed by atoms with Crippen LogP contribution in [-0.4, -0.2) is 19.0 Å². The third-order valence-electron chi connectivity index (χ3n) is 4.08. The third-order valence-corrected chi connectivity index (χ3v) is 4.08. The summed E-state index contributed by atoms with van der Waals surface area (Å²) in [5.74, 6) is 0.0865. The summed E-state index contributed by atoms with van der Waals surface area (Å²) in [6.07, 6.45) is 0.220. The van der Waals surface area contributed by atoms with Gasteiger partial charge in [0.15, 0.2) is 0 Å². The fourth-order valence-corrected chi connectivity index (χ4v) is 2.46. The molecule has 1 amide bonds. The molecule has 0 atom stereocenters. The number of benzene rings is 2. The molecule has 0 saturated heterocycles. The second-order valence-electron chi connectivity index (χ2n) is 6.39. The number of carbonyl (C=O) groups excluding carboxylic acids is 2. The van der Waals surface area contributed by atoms with E-state index in [-0.39, 0.29) is 18.3 Å². The smallest absolute Gasteiger partial charge is 0.315 e. The van der Waals surface area contributed by atoms with Crippen LogP contribution in [-0.2, 0) is 32.8 Å². The number of hydrogen-bond acceptors (Lipinski definition) is 4. The molecule has 0 saturated carbocycles. The fraction of sp³-hybridized carbons (Fsp3) is 0.300. The van der Waals surface area contributed by atoms with Gasteiger partial charge in [-0.25, -0.2) is 0 Å². The average molecular weight is 341 g/mol. The summed E-state index contributed by atoms with van der Waals surface area (Å²) in [6.45, 7) is 4.07. The first-order valence-corrected chi connectivity index (χ1v) is 8.01. The van der Waals surface area contributed by atoms with E-state index in [0.29, 0.717) is 12.4 Å². The van der Waals surface area contributed by atoms with Crippen LogP contribution in [0.15, 0.2) is 48.5 Å². The van der Waals surface area contributed by atoms with Gasteiger partial charge in [0.25, 0.3) is 0 Å². The molecule has 2 aromatic rings. The van der Waals surface area contributed by atoms with E-state index < -0.39 is 5.41 Å². The minimum absolute atomic E-state index is 0.220. The van der Waals surface area contributed by atoms with E-state index in [4.69, 9.17) is 15.2 Å². The standard InChI is InChI=1S/C20H23NO4/c1-20(2,19(23)24-3)16-8-4-15(5-9-16)13-25-17-10-6-14(7-11-17)12-18(21)22/h4-11H,12-13H2,1-3H3,(H2,21,22). The summed E-state index contributed by atoms with van der Waals surface area (Å²) < 4.78 is 10.6. The number of carbonyl (C=O) groups is 2. The van der Waals surface area contributed by atoms with E-state index in [2.05, 4.69) is 0 Å². The molecule has 0 unspecified atom stereocenters. The Hall–Kier alpha value is -2.82. The van der Waals surface area contributed by atoms with Gasteiger partial charge in [0, 0.05) is 0 Å². The van der Waals surface area contributed by atoms with Crippen molar-refractivity contribution in [2.24, 2.45) is 5.73 Å². The lowest BCUT2D eigenvalue weighted by Crippen LogP contribution is -2.30. The maximum atomic E-state index is 11.8. The highest BCUT2D eigenvalue weighted by Gasteiger charge is 2.30. The third kappa shape index (κ3) is 4.83. The molecule has 132 valence electrons. The molecule has 0 fully saturated rings. The number of nitrogens with two attached hydrogens (primary N) is 1. The van der Waals surface area contributed by atoms with E-state index in [1.54, 1.807) is 0 Å². The second kappa shape index (κ2) is 7.83. The van der Waals surface area contributed by atoms with Gasteiger partial charge in [-0.2, -0.15) is 0 Å². The number of rotatable bonds is 7. The highest BCUT2D eigenvalue weighted by molar-refractivity contribution is 5.82. The van der Waals surface area contributed by atoms with Crippen molar-refractivity contribution in [2.45, 2.75) is 32.3 Å². The first kappa shape index (κ1) is 18.5. The zero-order chi connectivity index (χ0) is 18.4. The molecule has 0 aliphatic heterocycles. The van der Waals surface area contributed by atoms with Crippen molar-refractivity contribution >= 4 is 11.9 Å². The molecule has 0 aromatic heterocycles. The van der Waals surface area contributed by atoms with E-state index in [0.717, 1.165) is 16.7 Å². The monoisotopic (exact) mass is 341 g/mol. The minimum Gasteiger partial charge on any atom is -0.489 e. The summed E-state index contributed by atoms with van der Waals surface area (Å²) in [5.41, 5.74) is 7.21. The Morgan fingerprint density at radius 3 is 2.04 bits per heavy atom. The molecular formula is C20H23NO4. The van der Waals surface area contributed by atoms with Gasteiger partial charge in [-0.05, 0) is 42.7 Å². The molecule has 0 bridgehead atoms. The van der Waals surface area contributed by atoms with Crippen LogP contribution in [0, 0.1) is 0 Å². The molecule has 2 N–H and O–H groups in total. The normalized spacial score (nSPS) is 11.0. The maximum Gasteiger partial charge on any atom is 0.315 e. The van der Waals surface area contributed by atoms with Gasteiger partial charge in [0.1, 0.15) is 12.4 Å². The van der Waals surface area contributed by atoms with Crippen LogP contribution in [0.3, 0.4) is 0 Å². The van der Waals surface area contributed by atoms with Gasteiger partial charge >= 0.3 is 5.97 Å². The lowest BCUT2D eigenvalue weighted by atomic mass is 9.84. The van der Waals surface area contributed by atoms with E-state index in [1.165, 1.54) is 7.11 Å². The second-order valence-corrected chi connectivity index (χ2v) is 6.39. The van der Waals surface area contributed by atoms with Crippen molar-refractivity contribution in [2.75, 3.05) is 7.11 Å². The number of hydrogen-bond donors (Lipinski definition) is 1. The largest absolute Gasteiger partial charge is 0.489 e. The summed E-state index contributed by atoms with van der Waals surface area (Å²) in [5, 5.41) is 0. The van der Waals surface area contributed by atoms with Crippen LogP contribution in [0.4, 0.5) is 0 Å². The Morgan fingerprint density at radius 1 is 0.960 bits per heavy atom. The highest BCUT2D eigenvalue weighted by Crippen LogP contribution is 2.25. The van der Waals surface area contributed by atoms with Gasteiger partial charge < -0.3 is 15.2 Å². The molecule has 2 aromatic carbocycles.